The minimum absolute atomic E-state index is 0.485. The Morgan fingerprint density at radius 3 is 2.50 bits per heavy atom. The molecule has 3 nitrogen and oxygen atoms in total. The Kier molecular flexibility index (Phi) is 5.96. The lowest BCUT2D eigenvalue weighted by atomic mass is 10.4. The maximum atomic E-state index is 10.5. The van der Waals surface area contributed by atoms with Gasteiger partial charge in [-0.2, -0.15) is 20.2 Å². The smallest absolute Gasteiger partial charge is 0.268 e. The number of rotatable bonds is 6. The van der Waals surface area contributed by atoms with E-state index < -0.39 is 15.4 Å². The standard InChI is InChI=1S/C7H16O3S2/c1-3-4-5-11-6-7(2)12(8,9)10/h7H,3-6H2,1-2H3,(H,8,9,10). The van der Waals surface area contributed by atoms with Crippen LogP contribution < -0.4 is 0 Å². The van der Waals surface area contributed by atoms with Gasteiger partial charge in [0, 0.05) is 5.75 Å². The lowest BCUT2D eigenvalue weighted by molar-refractivity contribution is 0.474. The Hall–Kier alpha value is 0.260. The van der Waals surface area contributed by atoms with Crippen molar-refractivity contribution in [3.8, 4) is 0 Å². The van der Waals surface area contributed by atoms with Crippen LogP contribution in [0.5, 0.6) is 0 Å². The average Bonchev–Trinajstić information content (AvgIpc) is 1.96. The molecule has 0 amide bonds. The number of hydrogen-bond acceptors (Lipinski definition) is 3. The van der Waals surface area contributed by atoms with Crippen LogP contribution in [0.3, 0.4) is 0 Å². The zero-order chi connectivity index (χ0) is 9.61. The largest absolute Gasteiger partial charge is 0.285 e. The van der Waals surface area contributed by atoms with Crippen molar-refractivity contribution in [1.82, 2.24) is 0 Å². The van der Waals surface area contributed by atoms with Gasteiger partial charge >= 0.3 is 0 Å². The lowest BCUT2D eigenvalue weighted by Crippen LogP contribution is -2.19. The summed E-state index contributed by atoms with van der Waals surface area (Å²) in [4.78, 5) is 0. The third-order valence-electron chi connectivity index (χ3n) is 1.50. The van der Waals surface area contributed by atoms with Gasteiger partial charge in [-0.3, -0.25) is 4.55 Å². The molecular formula is C7H16O3S2. The highest BCUT2D eigenvalue weighted by Crippen LogP contribution is 2.10. The number of unbranched alkanes of at least 4 members (excludes halogenated alkanes) is 1. The van der Waals surface area contributed by atoms with Crippen LogP contribution in [0.15, 0.2) is 0 Å². The summed E-state index contributed by atoms with van der Waals surface area (Å²) in [6.45, 7) is 3.61. The molecule has 0 aromatic heterocycles. The van der Waals surface area contributed by atoms with Crippen molar-refractivity contribution >= 4 is 21.9 Å². The van der Waals surface area contributed by atoms with E-state index in [1.165, 1.54) is 6.92 Å². The molecule has 0 radical (unpaired) electrons. The van der Waals surface area contributed by atoms with Crippen LogP contribution in [-0.2, 0) is 10.1 Å². The summed E-state index contributed by atoms with van der Waals surface area (Å²) in [5, 5.41) is -0.639. The van der Waals surface area contributed by atoms with Crippen molar-refractivity contribution < 1.29 is 13.0 Å². The summed E-state index contributed by atoms with van der Waals surface area (Å²) in [6.07, 6.45) is 2.22. The van der Waals surface area contributed by atoms with E-state index in [1.54, 1.807) is 11.8 Å². The highest BCUT2D eigenvalue weighted by molar-refractivity contribution is 8.00. The first kappa shape index (κ1) is 12.3. The SMILES string of the molecule is CCCCSCC(C)S(=O)(=O)O. The first-order chi connectivity index (χ1) is 5.48. The molecule has 0 bridgehead atoms. The average molecular weight is 212 g/mol. The molecule has 1 unspecified atom stereocenters. The maximum Gasteiger partial charge on any atom is 0.268 e. The van der Waals surface area contributed by atoms with Gasteiger partial charge in [-0.25, -0.2) is 0 Å². The van der Waals surface area contributed by atoms with Crippen LogP contribution in [0.25, 0.3) is 0 Å². The molecule has 0 saturated heterocycles. The molecule has 0 saturated carbocycles. The molecule has 0 aliphatic carbocycles. The number of hydrogen-bond donors (Lipinski definition) is 1. The Morgan fingerprint density at radius 1 is 1.50 bits per heavy atom. The highest BCUT2D eigenvalue weighted by atomic mass is 32.2. The summed E-state index contributed by atoms with van der Waals surface area (Å²) >= 11 is 1.57. The molecule has 0 spiro atoms. The van der Waals surface area contributed by atoms with Crippen LogP contribution in [0.4, 0.5) is 0 Å². The summed E-state index contributed by atoms with van der Waals surface area (Å²) in [5.41, 5.74) is 0. The monoisotopic (exact) mass is 212 g/mol. The Morgan fingerprint density at radius 2 is 2.08 bits per heavy atom. The van der Waals surface area contributed by atoms with Crippen LogP contribution in [0.1, 0.15) is 26.7 Å². The van der Waals surface area contributed by atoms with Crippen molar-refractivity contribution in [2.75, 3.05) is 11.5 Å². The predicted molar refractivity (Wildman–Crippen MR) is 53.2 cm³/mol. The van der Waals surface area contributed by atoms with E-state index in [0.717, 1.165) is 18.6 Å². The second-order valence-corrected chi connectivity index (χ2v) is 5.74. The zero-order valence-corrected chi connectivity index (χ0v) is 9.12. The van der Waals surface area contributed by atoms with Gasteiger partial charge in [0.15, 0.2) is 0 Å². The van der Waals surface area contributed by atoms with Gasteiger partial charge in [-0.05, 0) is 19.1 Å². The van der Waals surface area contributed by atoms with E-state index in [0.29, 0.717) is 5.75 Å². The molecule has 0 rings (SSSR count). The molecule has 0 aromatic rings. The van der Waals surface area contributed by atoms with Gasteiger partial charge in [0.25, 0.3) is 10.1 Å². The molecule has 0 aromatic carbocycles. The van der Waals surface area contributed by atoms with E-state index >= 15 is 0 Å². The third-order valence-corrected chi connectivity index (χ3v) is 4.21. The van der Waals surface area contributed by atoms with Crippen LogP contribution in [-0.4, -0.2) is 29.7 Å². The summed E-state index contributed by atoms with van der Waals surface area (Å²) in [7, 11) is -3.81. The van der Waals surface area contributed by atoms with Crippen molar-refractivity contribution in [1.29, 1.82) is 0 Å². The van der Waals surface area contributed by atoms with Gasteiger partial charge in [-0.15, -0.1) is 0 Å². The first-order valence-corrected chi connectivity index (χ1v) is 6.68. The topological polar surface area (TPSA) is 54.4 Å². The Labute approximate surface area is 78.7 Å². The first-order valence-electron chi connectivity index (χ1n) is 4.02. The van der Waals surface area contributed by atoms with Crippen LogP contribution in [0, 0.1) is 0 Å². The van der Waals surface area contributed by atoms with Gasteiger partial charge in [0.05, 0.1) is 5.25 Å². The van der Waals surface area contributed by atoms with Crippen LogP contribution in [0.2, 0.25) is 0 Å². The molecule has 12 heavy (non-hydrogen) atoms. The van der Waals surface area contributed by atoms with Crippen LogP contribution >= 0.6 is 11.8 Å². The molecule has 5 heteroatoms. The van der Waals surface area contributed by atoms with Crippen molar-refractivity contribution in [2.24, 2.45) is 0 Å². The molecule has 1 atom stereocenters. The van der Waals surface area contributed by atoms with Crippen molar-refractivity contribution in [3.05, 3.63) is 0 Å². The van der Waals surface area contributed by atoms with E-state index in [9.17, 15) is 8.42 Å². The molecular weight excluding hydrogens is 196 g/mol. The lowest BCUT2D eigenvalue weighted by Gasteiger charge is -2.06. The van der Waals surface area contributed by atoms with Crippen molar-refractivity contribution in [3.63, 3.8) is 0 Å². The van der Waals surface area contributed by atoms with Gasteiger partial charge < -0.3 is 0 Å². The molecule has 0 fully saturated rings. The summed E-state index contributed by atoms with van der Waals surface area (Å²) in [6, 6.07) is 0. The van der Waals surface area contributed by atoms with E-state index in [-0.39, 0.29) is 0 Å². The Bertz CT molecular complexity index is 199. The third kappa shape index (κ3) is 5.85. The fraction of sp³-hybridized carbons (Fsp3) is 1.00. The highest BCUT2D eigenvalue weighted by Gasteiger charge is 2.16. The molecule has 1 N–H and O–H groups in total. The second-order valence-electron chi connectivity index (χ2n) is 2.75. The predicted octanol–water partition coefficient (Wildman–Crippen LogP) is 1.80. The van der Waals surface area contributed by atoms with E-state index in [1.807, 2.05) is 0 Å². The summed E-state index contributed by atoms with van der Waals surface area (Å²) in [5.74, 6) is 1.45. The second kappa shape index (κ2) is 5.83. The molecule has 0 aliphatic rings. The fourth-order valence-electron chi connectivity index (χ4n) is 0.582. The van der Waals surface area contributed by atoms with E-state index in [2.05, 4.69) is 6.92 Å². The molecule has 0 heterocycles. The zero-order valence-electron chi connectivity index (χ0n) is 7.49. The minimum atomic E-state index is -3.81. The van der Waals surface area contributed by atoms with Gasteiger partial charge in [0.2, 0.25) is 0 Å². The van der Waals surface area contributed by atoms with Gasteiger partial charge in [0.1, 0.15) is 0 Å². The van der Waals surface area contributed by atoms with Gasteiger partial charge in [-0.1, -0.05) is 13.3 Å². The molecule has 74 valence electrons. The van der Waals surface area contributed by atoms with E-state index in [4.69, 9.17) is 4.55 Å². The minimum Gasteiger partial charge on any atom is -0.285 e. The maximum absolute atomic E-state index is 10.5. The summed E-state index contributed by atoms with van der Waals surface area (Å²) < 4.78 is 29.7. The Balaban J connectivity index is 3.52. The fourth-order valence-corrected chi connectivity index (χ4v) is 2.55. The normalized spacial score (nSPS) is 14.6. The van der Waals surface area contributed by atoms with Crippen molar-refractivity contribution in [2.45, 2.75) is 31.9 Å². The molecule has 0 aliphatic heterocycles. The number of thioether (sulfide) groups is 1. The quantitative estimate of drug-likeness (QED) is 0.539.